The molecule has 1 atom stereocenters. The molecule has 1 N–H and O–H groups in total. The van der Waals surface area contributed by atoms with Gasteiger partial charge in [-0.2, -0.15) is 0 Å². The first-order valence-corrected chi connectivity index (χ1v) is 11.1. The lowest BCUT2D eigenvalue weighted by atomic mass is 10.1. The van der Waals surface area contributed by atoms with Crippen molar-refractivity contribution < 1.29 is 18.3 Å². The summed E-state index contributed by atoms with van der Waals surface area (Å²) in [7, 11) is 1.68. The van der Waals surface area contributed by atoms with Crippen LogP contribution >= 0.6 is 0 Å². The van der Waals surface area contributed by atoms with E-state index in [-0.39, 0.29) is 23.5 Å². The lowest BCUT2D eigenvalue weighted by Crippen LogP contribution is -2.39. The Kier molecular flexibility index (Phi) is 5.84. The van der Waals surface area contributed by atoms with Crippen LogP contribution in [0.1, 0.15) is 19.3 Å². The molecule has 0 bridgehead atoms. The molecule has 0 radical (unpaired) electrons. The number of rotatable bonds is 5. The standard InChI is InChI=1S/C23H25F2N5O3/c1-29-20(31)5-3-18-22(29)28-23(21(27-18)26-15-8-11-32-13-15)30-9-6-16(7-10-30)33-19-4-2-14(24)12-17(19)25/h2-5,12,15-16H,6-11,13H2,1H3,(H,26,27)/t15-/m1/s1. The minimum absolute atomic E-state index is 0.0546. The highest BCUT2D eigenvalue weighted by atomic mass is 19.1. The molecule has 0 spiro atoms. The summed E-state index contributed by atoms with van der Waals surface area (Å²) >= 11 is 0. The first-order valence-electron chi connectivity index (χ1n) is 11.1. The van der Waals surface area contributed by atoms with Crippen molar-refractivity contribution in [2.75, 3.05) is 36.5 Å². The second-order valence-electron chi connectivity index (χ2n) is 8.42. The Bertz CT molecular complexity index is 1220. The molecule has 8 nitrogen and oxygen atoms in total. The van der Waals surface area contributed by atoms with Crippen molar-refractivity contribution >= 4 is 22.8 Å². The summed E-state index contributed by atoms with van der Waals surface area (Å²) in [5, 5.41) is 3.45. The molecule has 33 heavy (non-hydrogen) atoms. The van der Waals surface area contributed by atoms with Crippen LogP contribution in [0.5, 0.6) is 5.75 Å². The summed E-state index contributed by atoms with van der Waals surface area (Å²) in [5.74, 6) is 0.0391. The predicted molar refractivity (Wildman–Crippen MR) is 120 cm³/mol. The van der Waals surface area contributed by atoms with E-state index in [4.69, 9.17) is 19.4 Å². The fourth-order valence-electron chi connectivity index (χ4n) is 4.25. The van der Waals surface area contributed by atoms with Crippen molar-refractivity contribution in [2.45, 2.75) is 31.4 Å². The lowest BCUT2D eigenvalue weighted by molar-refractivity contribution is 0.163. The Labute approximate surface area is 189 Å². The Morgan fingerprint density at radius 3 is 2.67 bits per heavy atom. The van der Waals surface area contributed by atoms with Crippen molar-refractivity contribution in [1.29, 1.82) is 0 Å². The molecular weight excluding hydrogens is 432 g/mol. The van der Waals surface area contributed by atoms with E-state index in [2.05, 4.69) is 10.2 Å². The molecule has 3 aromatic rings. The van der Waals surface area contributed by atoms with Crippen LogP contribution in [0.4, 0.5) is 20.4 Å². The van der Waals surface area contributed by atoms with E-state index >= 15 is 0 Å². The molecule has 4 heterocycles. The minimum Gasteiger partial charge on any atom is -0.487 e. The third-order valence-electron chi connectivity index (χ3n) is 6.12. The van der Waals surface area contributed by atoms with Crippen LogP contribution in [-0.4, -0.2) is 53.0 Å². The van der Waals surface area contributed by atoms with Gasteiger partial charge in [-0.25, -0.2) is 18.7 Å². The molecule has 0 aliphatic carbocycles. The van der Waals surface area contributed by atoms with E-state index in [0.717, 1.165) is 12.5 Å². The largest absolute Gasteiger partial charge is 0.487 e. The number of benzene rings is 1. The molecule has 2 aliphatic rings. The summed E-state index contributed by atoms with van der Waals surface area (Å²) in [6, 6.07) is 6.64. The number of aromatic nitrogens is 3. The maximum atomic E-state index is 14.0. The number of nitrogens with one attached hydrogen (secondary N) is 1. The van der Waals surface area contributed by atoms with Gasteiger partial charge in [-0.15, -0.1) is 0 Å². The minimum atomic E-state index is -0.705. The van der Waals surface area contributed by atoms with E-state index in [0.29, 0.717) is 61.9 Å². The van der Waals surface area contributed by atoms with Crippen LogP contribution in [0.2, 0.25) is 0 Å². The summed E-state index contributed by atoms with van der Waals surface area (Å²) in [4.78, 5) is 23.8. The van der Waals surface area contributed by atoms with Crippen molar-refractivity contribution in [3.8, 4) is 5.75 Å². The van der Waals surface area contributed by atoms with E-state index in [1.54, 1.807) is 13.1 Å². The lowest BCUT2D eigenvalue weighted by Gasteiger charge is -2.34. The molecule has 1 aromatic carbocycles. The molecule has 2 fully saturated rings. The van der Waals surface area contributed by atoms with E-state index < -0.39 is 11.6 Å². The number of hydrogen-bond acceptors (Lipinski definition) is 7. The van der Waals surface area contributed by atoms with E-state index in [9.17, 15) is 13.6 Å². The van der Waals surface area contributed by atoms with Gasteiger partial charge >= 0.3 is 0 Å². The van der Waals surface area contributed by atoms with Gasteiger partial charge in [0.1, 0.15) is 17.4 Å². The smallest absolute Gasteiger partial charge is 0.252 e. The van der Waals surface area contributed by atoms with Gasteiger partial charge in [-0.1, -0.05) is 0 Å². The summed E-state index contributed by atoms with van der Waals surface area (Å²) < 4.78 is 39.9. The summed E-state index contributed by atoms with van der Waals surface area (Å²) in [5.41, 5.74) is 0.992. The zero-order valence-corrected chi connectivity index (χ0v) is 18.3. The Balaban J connectivity index is 1.38. The van der Waals surface area contributed by atoms with Crippen LogP contribution < -0.4 is 20.5 Å². The number of fused-ring (bicyclic) bond motifs is 1. The molecule has 5 rings (SSSR count). The molecule has 2 aliphatic heterocycles. The number of aryl methyl sites for hydroxylation is 1. The number of pyridine rings is 1. The molecule has 0 unspecified atom stereocenters. The molecular formula is C23H25F2N5O3. The second kappa shape index (κ2) is 8.93. The van der Waals surface area contributed by atoms with Crippen molar-refractivity contribution in [1.82, 2.24) is 14.5 Å². The third-order valence-corrected chi connectivity index (χ3v) is 6.12. The number of nitrogens with zero attached hydrogens (tertiary/aromatic N) is 4. The van der Waals surface area contributed by atoms with Gasteiger partial charge in [-0.3, -0.25) is 9.36 Å². The Hall–Kier alpha value is -3.27. The molecule has 10 heteroatoms. The SMILES string of the molecule is Cn1c(=O)ccc2nc(N[C@@H]3CCOC3)c(N3CCC(Oc4ccc(F)cc4F)CC3)nc21. The van der Waals surface area contributed by atoms with Crippen molar-refractivity contribution in [3.05, 3.63) is 52.3 Å². The van der Waals surface area contributed by atoms with Crippen LogP contribution in [-0.2, 0) is 11.8 Å². The van der Waals surface area contributed by atoms with E-state index in [1.165, 1.54) is 22.8 Å². The number of halogens is 2. The quantitative estimate of drug-likeness (QED) is 0.631. The van der Waals surface area contributed by atoms with Crippen LogP contribution in [0.3, 0.4) is 0 Å². The van der Waals surface area contributed by atoms with Crippen molar-refractivity contribution in [3.63, 3.8) is 0 Å². The fourth-order valence-corrected chi connectivity index (χ4v) is 4.25. The maximum absolute atomic E-state index is 14.0. The average Bonchev–Trinajstić information content (AvgIpc) is 3.32. The monoisotopic (exact) mass is 457 g/mol. The van der Waals surface area contributed by atoms with Gasteiger partial charge in [0.2, 0.25) is 0 Å². The van der Waals surface area contributed by atoms with Gasteiger partial charge in [0, 0.05) is 51.7 Å². The van der Waals surface area contributed by atoms with Gasteiger partial charge in [0.05, 0.1) is 12.6 Å². The third kappa shape index (κ3) is 4.47. The Morgan fingerprint density at radius 2 is 1.94 bits per heavy atom. The Morgan fingerprint density at radius 1 is 1.12 bits per heavy atom. The highest BCUT2D eigenvalue weighted by Crippen LogP contribution is 2.30. The summed E-state index contributed by atoms with van der Waals surface area (Å²) in [6.45, 7) is 2.53. The second-order valence-corrected chi connectivity index (χ2v) is 8.42. The molecule has 2 saturated heterocycles. The van der Waals surface area contributed by atoms with Crippen LogP contribution in [0.15, 0.2) is 35.1 Å². The average molecular weight is 457 g/mol. The fraction of sp³-hybridized carbons (Fsp3) is 0.435. The highest BCUT2D eigenvalue weighted by molar-refractivity contribution is 5.78. The highest BCUT2D eigenvalue weighted by Gasteiger charge is 2.27. The van der Waals surface area contributed by atoms with Crippen LogP contribution in [0.25, 0.3) is 11.2 Å². The number of hydrogen-bond donors (Lipinski definition) is 1. The first kappa shape index (κ1) is 21.6. The molecule has 174 valence electrons. The van der Waals surface area contributed by atoms with Crippen molar-refractivity contribution in [2.24, 2.45) is 7.05 Å². The van der Waals surface area contributed by atoms with Gasteiger partial charge in [0.15, 0.2) is 28.8 Å². The predicted octanol–water partition coefficient (Wildman–Crippen LogP) is 2.86. The molecule has 0 saturated carbocycles. The molecule has 0 amide bonds. The number of anilines is 2. The molecule has 2 aromatic heterocycles. The van der Waals surface area contributed by atoms with E-state index in [1.807, 2.05) is 0 Å². The maximum Gasteiger partial charge on any atom is 0.252 e. The number of ether oxygens (including phenoxy) is 2. The summed E-state index contributed by atoms with van der Waals surface area (Å²) in [6.07, 6.45) is 1.96. The van der Waals surface area contributed by atoms with Gasteiger partial charge in [-0.05, 0) is 24.6 Å². The zero-order chi connectivity index (χ0) is 22.9. The zero-order valence-electron chi connectivity index (χ0n) is 18.3. The number of piperidine rings is 1. The topological polar surface area (TPSA) is 81.5 Å². The first-order chi connectivity index (χ1) is 16.0. The van der Waals surface area contributed by atoms with Gasteiger partial charge < -0.3 is 19.7 Å². The van der Waals surface area contributed by atoms with Crippen LogP contribution in [0, 0.1) is 11.6 Å². The van der Waals surface area contributed by atoms with Gasteiger partial charge in [0.25, 0.3) is 5.56 Å². The normalized spacial score (nSPS) is 19.2.